The van der Waals surface area contributed by atoms with Gasteiger partial charge in [-0.2, -0.15) is 0 Å². The lowest BCUT2D eigenvalue weighted by atomic mass is 10.3. The first-order valence-electron chi connectivity index (χ1n) is 5.87. The predicted molar refractivity (Wildman–Crippen MR) is 71.0 cm³/mol. The fourth-order valence-electron chi connectivity index (χ4n) is 2.16. The lowest BCUT2D eigenvalue weighted by Gasteiger charge is -2.12. The summed E-state index contributed by atoms with van der Waals surface area (Å²) in [5.74, 6) is 0. The minimum atomic E-state index is -3.42. The third kappa shape index (κ3) is 3.10. The van der Waals surface area contributed by atoms with Gasteiger partial charge in [0.1, 0.15) is 0 Å². The van der Waals surface area contributed by atoms with Gasteiger partial charge in [0.15, 0.2) is 0 Å². The zero-order chi connectivity index (χ0) is 13.2. The number of nitrogens with one attached hydrogen (secondary N) is 1. The quantitative estimate of drug-likeness (QED) is 0.849. The fourth-order valence-corrected chi connectivity index (χ4v) is 4.60. The molecular weight excluding hydrogens is 272 g/mol. The molecule has 0 amide bonds. The minimum absolute atomic E-state index is 0.0267. The largest absolute Gasteiger partial charge is 0.381 e. The van der Waals surface area contributed by atoms with Crippen LogP contribution in [0, 0.1) is 0 Å². The normalized spacial score (nSPS) is 24.6. The highest BCUT2D eigenvalue weighted by molar-refractivity contribution is 7.89. The molecule has 0 aliphatic heterocycles. The van der Waals surface area contributed by atoms with E-state index in [1.54, 1.807) is 18.6 Å². The van der Waals surface area contributed by atoms with Gasteiger partial charge in [0, 0.05) is 30.0 Å². The highest BCUT2D eigenvalue weighted by Crippen LogP contribution is 2.24. The van der Waals surface area contributed by atoms with Crippen molar-refractivity contribution in [2.45, 2.75) is 42.8 Å². The lowest BCUT2D eigenvalue weighted by molar-refractivity contribution is 0.107. The Morgan fingerprint density at radius 1 is 1.56 bits per heavy atom. The number of ether oxygens (including phenoxy) is 1. The van der Waals surface area contributed by atoms with Crippen molar-refractivity contribution in [2.75, 3.05) is 7.11 Å². The first kappa shape index (κ1) is 14.0. The molecule has 1 aliphatic rings. The van der Waals surface area contributed by atoms with Crippen LogP contribution in [0.2, 0.25) is 0 Å². The van der Waals surface area contributed by atoms with E-state index in [1.165, 1.54) is 11.3 Å². The maximum atomic E-state index is 12.1. The molecule has 0 saturated heterocycles. The van der Waals surface area contributed by atoms with Crippen molar-refractivity contribution in [3.63, 3.8) is 0 Å². The van der Waals surface area contributed by atoms with E-state index >= 15 is 0 Å². The summed E-state index contributed by atoms with van der Waals surface area (Å²) in [6.45, 7) is 0.370. The van der Waals surface area contributed by atoms with Crippen LogP contribution in [0.5, 0.6) is 0 Å². The lowest BCUT2D eigenvalue weighted by Crippen LogP contribution is -2.33. The monoisotopic (exact) mass is 290 g/mol. The van der Waals surface area contributed by atoms with E-state index in [4.69, 9.17) is 10.5 Å². The van der Waals surface area contributed by atoms with Crippen LogP contribution in [0.25, 0.3) is 0 Å². The molecule has 0 bridgehead atoms. The fraction of sp³-hybridized carbons (Fsp3) is 0.636. The van der Waals surface area contributed by atoms with Crippen LogP contribution in [-0.2, 0) is 21.3 Å². The molecular formula is C11H18N2O3S2. The third-order valence-corrected chi connectivity index (χ3v) is 5.79. The number of hydrogen-bond acceptors (Lipinski definition) is 5. The Morgan fingerprint density at radius 3 is 2.89 bits per heavy atom. The molecule has 1 aromatic heterocycles. The molecule has 1 aliphatic carbocycles. The zero-order valence-electron chi connectivity index (χ0n) is 10.3. The third-order valence-electron chi connectivity index (χ3n) is 3.18. The second kappa shape index (κ2) is 5.66. The summed E-state index contributed by atoms with van der Waals surface area (Å²) in [6.07, 6.45) is 2.64. The van der Waals surface area contributed by atoms with Crippen LogP contribution in [0.1, 0.15) is 24.1 Å². The second-order valence-corrected chi connectivity index (χ2v) is 7.15. The van der Waals surface area contributed by atoms with E-state index < -0.39 is 10.0 Å². The van der Waals surface area contributed by atoms with E-state index in [1.807, 2.05) is 0 Å². The first-order chi connectivity index (χ1) is 8.55. The van der Waals surface area contributed by atoms with Gasteiger partial charge in [-0.05, 0) is 25.3 Å². The number of rotatable bonds is 5. The number of hydrogen-bond donors (Lipinski definition) is 2. The van der Waals surface area contributed by atoms with Crippen molar-refractivity contribution >= 4 is 21.4 Å². The summed E-state index contributed by atoms with van der Waals surface area (Å²) < 4.78 is 32.2. The smallest absolute Gasteiger partial charge is 0.241 e. The highest BCUT2D eigenvalue weighted by Gasteiger charge is 2.28. The van der Waals surface area contributed by atoms with Crippen LogP contribution in [0.4, 0.5) is 0 Å². The molecule has 1 fully saturated rings. The summed E-state index contributed by atoms with van der Waals surface area (Å²) in [5, 5.41) is 1.63. The topological polar surface area (TPSA) is 81.4 Å². The SMILES string of the molecule is COC1CCC(NS(=O)(=O)c2csc(CN)c2)C1. The van der Waals surface area contributed by atoms with Crippen LogP contribution in [0.15, 0.2) is 16.3 Å². The maximum absolute atomic E-state index is 12.1. The number of methoxy groups -OCH3 is 1. The number of nitrogens with two attached hydrogens (primary N) is 1. The molecule has 1 saturated carbocycles. The zero-order valence-corrected chi connectivity index (χ0v) is 11.9. The van der Waals surface area contributed by atoms with E-state index in [0.717, 1.165) is 24.1 Å². The summed E-state index contributed by atoms with van der Waals surface area (Å²) in [4.78, 5) is 1.19. The van der Waals surface area contributed by atoms with Gasteiger partial charge < -0.3 is 10.5 Å². The van der Waals surface area contributed by atoms with Gasteiger partial charge in [0.2, 0.25) is 10.0 Å². The average molecular weight is 290 g/mol. The highest BCUT2D eigenvalue weighted by atomic mass is 32.2. The molecule has 5 nitrogen and oxygen atoms in total. The van der Waals surface area contributed by atoms with E-state index in [-0.39, 0.29) is 12.1 Å². The van der Waals surface area contributed by atoms with E-state index in [9.17, 15) is 8.42 Å². The van der Waals surface area contributed by atoms with Crippen molar-refractivity contribution in [1.82, 2.24) is 4.72 Å². The number of thiophene rings is 1. The van der Waals surface area contributed by atoms with Gasteiger partial charge in [-0.15, -0.1) is 11.3 Å². The summed E-state index contributed by atoms with van der Waals surface area (Å²) in [6, 6.07) is 1.61. The van der Waals surface area contributed by atoms with Gasteiger partial charge in [0.05, 0.1) is 11.0 Å². The standard InChI is InChI=1S/C11H18N2O3S2/c1-16-9-3-2-8(4-9)13-18(14,15)11-5-10(6-12)17-7-11/h5,7-9,13H,2-4,6,12H2,1H3. The molecule has 18 heavy (non-hydrogen) atoms. The predicted octanol–water partition coefficient (Wildman–Crippen LogP) is 1.05. The van der Waals surface area contributed by atoms with E-state index in [2.05, 4.69) is 4.72 Å². The van der Waals surface area contributed by atoms with Crippen molar-refractivity contribution < 1.29 is 13.2 Å². The van der Waals surface area contributed by atoms with Crippen molar-refractivity contribution in [2.24, 2.45) is 5.73 Å². The summed E-state index contributed by atoms with van der Waals surface area (Å²) >= 11 is 1.37. The Bertz CT molecular complexity index is 498. The summed E-state index contributed by atoms with van der Waals surface area (Å²) in [5.41, 5.74) is 5.48. The van der Waals surface area contributed by atoms with E-state index in [0.29, 0.717) is 11.4 Å². The second-order valence-electron chi connectivity index (χ2n) is 4.44. The molecule has 0 radical (unpaired) electrons. The van der Waals surface area contributed by atoms with Crippen LogP contribution >= 0.6 is 11.3 Å². The number of sulfonamides is 1. The molecule has 3 N–H and O–H groups in total. The molecule has 0 aromatic carbocycles. The van der Waals surface area contributed by atoms with Crippen molar-refractivity contribution in [3.8, 4) is 0 Å². The van der Waals surface area contributed by atoms with Crippen molar-refractivity contribution in [3.05, 3.63) is 16.3 Å². The molecule has 7 heteroatoms. The molecule has 0 spiro atoms. The van der Waals surface area contributed by atoms with Gasteiger partial charge in [0.25, 0.3) is 0 Å². The molecule has 2 unspecified atom stereocenters. The average Bonchev–Trinajstić information content (AvgIpc) is 2.96. The van der Waals surface area contributed by atoms with Crippen LogP contribution in [-0.4, -0.2) is 27.7 Å². The molecule has 2 atom stereocenters. The Kier molecular flexibility index (Phi) is 4.39. The molecule has 1 aromatic rings. The van der Waals surface area contributed by atoms with Crippen LogP contribution < -0.4 is 10.5 Å². The van der Waals surface area contributed by atoms with Gasteiger partial charge >= 0.3 is 0 Å². The van der Waals surface area contributed by atoms with Crippen molar-refractivity contribution in [1.29, 1.82) is 0 Å². The molecule has 1 heterocycles. The Balaban J connectivity index is 2.03. The van der Waals surface area contributed by atoms with Gasteiger partial charge in [-0.25, -0.2) is 13.1 Å². The van der Waals surface area contributed by atoms with Crippen LogP contribution in [0.3, 0.4) is 0 Å². The Hall–Kier alpha value is -0.470. The Labute approximate surface area is 111 Å². The first-order valence-corrected chi connectivity index (χ1v) is 8.24. The minimum Gasteiger partial charge on any atom is -0.381 e. The van der Waals surface area contributed by atoms with Gasteiger partial charge in [-0.1, -0.05) is 0 Å². The maximum Gasteiger partial charge on any atom is 0.241 e. The summed E-state index contributed by atoms with van der Waals surface area (Å²) in [7, 11) is -1.75. The molecule has 102 valence electrons. The Morgan fingerprint density at radius 2 is 2.33 bits per heavy atom. The molecule has 2 rings (SSSR count). The van der Waals surface area contributed by atoms with Gasteiger partial charge in [-0.3, -0.25) is 0 Å².